The maximum Gasteiger partial charge on any atom is 0.222 e. The van der Waals surface area contributed by atoms with Gasteiger partial charge < -0.3 is 16.0 Å². The number of H-pyrrole nitrogens is 1. The molecule has 2 rings (SSSR count). The molecule has 4 heteroatoms. The molecule has 17 heavy (non-hydrogen) atoms. The van der Waals surface area contributed by atoms with Crippen LogP contribution in [-0.2, 0) is 11.3 Å². The minimum atomic E-state index is -0.263. The van der Waals surface area contributed by atoms with E-state index in [0.29, 0.717) is 13.0 Å². The molecule has 1 aliphatic rings. The summed E-state index contributed by atoms with van der Waals surface area (Å²) < 4.78 is 0. The zero-order valence-electron chi connectivity index (χ0n) is 10.2. The van der Waals surface area contributed by atoms with E-state index >= 15 is 0 Å². The third-order valence-electron chi connectivity index (χ3n) is 3.51. The van der Waals surface area contributed by atoms with Crippen molar-refractivity contribution in [1.29, 1.82) is 0 Å². The number of carbonyl (C=O) groups is 1. The van der Waals surface area contributed by atoms with Crippen molar-refractivity contribution in [2.45, 2.75) is 50.6 Å². The van der Waals surface area contributed by atoms with Crippen molar-refractivity contribution in [3.63, 3.8) is 0 Å². The highest BCUT2D eigenvalue weighted by atomic mass is 16.1. The lowest BCUT2D eigenvalue weighted by Crippen LogP contribution is -2.45. The number of rotatable bonds is 4. The number of carbonyl (C=O) groups excluding carboxylic acids is 1. The first-order valence-corrected chi connectivity index (χ1v) is 6.35. The van der Waals surface area contributed by atoms with Gasteiger partial charge in [0.1, 0.15) is 0 Å². The molecular formula is C13H21N3O. The Bertz CT molecular complexity index is 353. The number of amides is 1. The minimum Gasteiger partial charge on any atom is -0.367 e. The molecule has 4 nitrogen and oxygen atoms in total. The fraction of sp³-hybridized carbons (Fsp3) is 0.615. The molecule has 1 fully saturated rings. The Morgan fingerprint density at radius 3 is 2.82 bits per heavy atom. The third kappa shape index (κ3) is 3.60. The number of aromatic amines is 1. The Hall–Kier alpha value is -1.29. The summed E-state index contributed by atoms with van der Waals surface area (Å²) in [6.45, 7) is 0.582. The van der Waals surface area contributed by atoms with E-state index < -0.39 is 0 Å². The number of hydrogen-bond acceptors (Lipinski definition) is 2. The highest BCUT2D eigenvalue weighted by molar-refractivity contribution is 5.77. The van der Waals surface area contributed by atoms with Gasteiger partial charge in [0.05, 0.1) is 0 Å². The Morgan fingerprint density at radius 2 is 2.18 bits per heavy atom. The van der Waals surface area contributed by atoms with Crippen LogP contribution in [0, 0.1) is 0 Å². The lowest BCUT2D eigenvalue weighted by Gasteiger charge is -2.32. The largest absolute Gasteiger partial charge is 0.367 e. The molecule has 0 unspecified atom stereocenters. The molecule has 0 aliphatic heterocycles. The number of hydrogen-bond donors (Lipinski definition) is 3. The van der Waals surface area contributed by atoms with Crippen LogP contribution in [-0.4, -0.2) is 16.4 Å². The molecule has 1 aromatic heterocycles. The lowest BCUT2D eigenvalue weighted by molar-refractivity contribution is -0.122. The van der Waals surface area contributed by atoms with Gasteiger partial charge in [0, 0.05) is 30.9 Å². The number of nitrogens with two attached hydrogens (primary N) is 1. The highest BCUT2D eigenvalue weighted by Crippen LogP contribution is 2.28. The second-order valence-corrected chi connectivity index (χ2v) is 5.10. The molecule has 1 heterocycles. The second kappa shape index (κ2) is 5.36. The van der Waals surface area contributed by atoms with Gasteiger partial charge in [-0.15, -0.1) is 0 Å². The van der Waals surface area contributed by atoms with E-state index in [1.54, 1.807) is 0 Å². The van der Waals surface area contributed by atoms with E-state index in [-0.39, 0.29) is 11.4 Å². The maximum atomic E-state index is 11.8. The van der Waals surface area contributed by atoms with Crippen LogP contribution in [0.25, 0.3) is 0 Å². The summed E-state index contributed by atoms with van der Waals surface area (Å²) in [5.74, 6) is 0.0654. The van der Waals surface area contributed by atoms with Gasteiger partial charge in [0.15, 0.2) is 0 Å². The van der Waals surface area contributed by atoms with E-state index in [0.717, 1.165) is 31.2 Å². The molecule has 94 valence electrons. The van der Waals surface area contributed by atoms with Crippen molar-refractivity contribution in [2.75, 3.05) is 0 Å². The predicted octanol–water partition coefficient (Wildman–Crippen LogP) is 1.68. The first-order chi connectivity index (χ1) is 8.18. The number of nitrogens with one attached hydrogen (secondary N) is 2. The van der Waals surface area contributed by atoms with E-state index in [2.05, 4.69) is 10.3 Å². The first kappa shape index (κ1) is 12.2. The summed E-state index contributed by atoms with van der Waals surface area (Å²) >= 11 is 0. The number of aromatic nitrogens is 1. The van der Waals surface area contributed by atoms with Gasteiger partial charge in [0.2, 0.25) is 5.91 Å². The van der Waals surface area contributed by atoms with Gasteiger partial charge in [-0.1, -0.05) is 19.3 Å². The van der Waals surface area contributed by atoms with Gasteiger partial charge in [0.25, 0.3) is 0 Å². The van der Waals surface area contributed by atoms with Crippen molar-refractivity contribution in [1.82, 2.24) is 10.3 Å². The zero-order valence-corrected chi connectivity index (χ0v) is 10.2. The fourth-order valence-corrected chi connectivity index (χ4v) is 2.48. The topological polar surface area (TPSA) is 70.9 Å². The molecule has 0 aromatic carbocycles. The highest BCUT2D eigenvalue weighted by Gasteiger charge is 2.29. The van der Waals surface area contributed by atoms with Gasteiger partial charge >= 0.3 is 0 Å². The molecule has 1 saturated carbocycles. The van der Waals surface area contributed by atoms with Gasteiger partial charge in [-0.25, -0.2) is 0 Å². The average molecular weight is 235 g/mol. The third-order valence-corrected chi connectivity index (χ3v) is 3.51. The van der Waals surface area contributed by atoms with Crippen molar-refractivity contribution in [3.8, 4) is 0 Å². The molecule has 0 saturated heterocycles. The molecule has 1 amide bonds. The molecule has 0 spiro atoms. The van der Waals surface area contributed by atoms with E-state index in [1.165, 1.54) is 6.42 Å². The Labute approximate surface area is 102 Å². The zero-order chi connectivity index (χ0) is 12.1. The SMILES string of the molecule is NC1(CC(=O)NCc2cc[nH]c2)CCCCC1. The fourth-order valence-electron chi connectivity index (χ4n) is 2.48. The van der Waals surface area contributed by atoms with Crippen molar-refractivity contribution in [3.05, 3.63) is 24.0 Å². The van der Waals surface area contributed by atoms with E-state index in [4.69, 9.17) is 5.73 Å². The maximum absolute atomic E-state index is 11.8. The summed E-state index contributed by atoms with van der Waals surface area (Å²) in [4.78, 5) is 14.8. The normalized spacial score (nSPS) is 18.9. The van der Waals surface area contributed by atoms with E-state index in [1.807, 2.05) is 18.5 Å². The minimum absolute atomic E-state index is 0.0654. The summed E-state index contributed by atoms with van der Waals surface area (Å²) in [6.07, 6.45) is 9.71. The van der Waals surface area contributed by atoms with Crippen LogP contribution < -0.4 is 11.1 Å². The Kier molecular flexibility index (Phi) is 3.84. The Balaban J connectivity index is 1.76. The standard InChI is InChI=1S/C13H21N3O/c14-13(5-2-1-3-6-13)8-12(17)16-10-11-4-7-15-9-11/h4,7,9,15H,1-3,5-6,8,10,14H2,(H,16,17). The first-order valence-electron chi connectivity index (χ1n) is 6.35. The van der Waals surface area contributed by atoms with Crippen LogP contribution >= 0.6 is 0 Å². The monoisotopic (exact) mass is 235 g/mol. The van der Waals surface area contributed by atoms with Gasteiger partial charge in [-0.2, -0.15) is 0 Å². The molecular weight excluding hydrogens is 214 g/mol. The Morgan fingerprint density at radius 1 is 1.41 bits per heavy atom. The summed E-state index contributed by atoms with van der Waals surface area (Å²) in [5.41, 5.74) is 7.07. The molecule has 0 atom stereocenters. The molecule has 4 N–H and O–H groups in total. The van der Waals surface area contributed by atoms with Crippen molar-refractivity contribution < 1.29 is 4.79 Å². The van der Waals surface area contributed by atoms with E-state index in [9.17, 15) is 4.79 Å². The van der Waals surface area contributed by atoms with Crippen LogP contribution in [0.2, 0.25) is 0 Å². The van der Waals surface area contributed by atoms with Crippen LogP contribution in [0.1, 0.15) is 44.1 Å². The van der Waals surface area contributed by atoms with Crippen LogP contribution in [0.5, 0.6) is 0 Å². The van der Waals surface area contributed by atoms with Crippen molar-refractivity contribution >= 4 is 5.91 Å². The van der Waals surface area contributed by atoms with Gasteiger partial charge in [-0.3, -0.25) is 4.79 Å². The molecule has 0 radical (unpaired) electrons. The van der Waals surface area contributed by atoms with Gasteiger partial charge in [-0.05, 0) is 24.5 Å². The molecule has 0 bridgehead atoms. The predicted molar refractivity (Wildman–Crippen MR) is 67.3 cm³/mol. The summed E-state index contributed by atoms with van der Waals surface area (Å²) in [6, 6.07) is 1.96. The quantitative estimate of drug-likeness (QED) is 0.743. The van der Waals surface area contributed by atoms with Crippen molar-refractivity contribution in [2.24, 2.45) is 5.73 Å². The molecule has 1 aliphatic carbocycles. The molecule has 1 aromatic rings. The average Bonchev–Trinajstić information content (AvgIpc) is 2.79. The van der Waals surface area contributed by atoms with Crippen LogP contribution in [0.4, 0.5) is 0 Å². The lowest BCUT2D eigenvalue weighted by atomic mass is 9.80. The van der Waals surface area contributed by atoms with Crippen LogP contribution in [0.15, 0.2) is 18.5 Å². The van der Waals surface area contributed by atoms with Crippen LogP contribution in [0.3, 0.4) is 0 Å². The summed E-state index contributed by atoms with van der Waals surface area (Å²) in [5, 5.41) is 2.92. The summed E-state index contributed by atoms with van der Waals surface area (Å²) in [7, 11) is 0. The smallest absolute Gasteiger partial charge is 0.222 e. The second-order valence-electron chi connectivity index (χ2n) is 5.10.